The first-order chi connectivity index (χ1) is 12.4. The molecule has 1 aromatic rings. The van der Waals surface area contributed by atoms with E-state index in [-0.39, 0.29) is 0 Å². The normalized spacial score (nSPS) is 15.4. The lowest BCUT2D eigenvalue weighted by Gasteiger charge is -2.22. The molecule has 3 heteroatoms. The predicted octanol–water partition coefficient (Wildman–Crippen LogP) is 5.13. The van der Waals surface area contributed by atoms with Gasteiger partial charge < -0.3 is 14.8 Å². The van der Waals surface area contributed by atoms with Gasteiger partial charge in [0, 0.05) is 0 Å². The zero-order valence-corrected chi connectivity index (χ0v) is 16.1. The molecule has 0 unspecified atom stereocenters. The third kappa shape index (κ3) is 9.27. The molecule has 25 heavy (non-hydrogen) atoms. The molecule has 1 saturated heterocycles. The summed E-state index contributed by atoms with van der Waals surface area (Å²) in [5.74, 6) is 0.956. The summed E-state index contributed by atoms with van der Waals surface area (Å²) in [6.45, 7) is 5.75. The molecule has 3 nitrogen and oxygen atoms in total. The second-order valence-electron chi connectivity index (χ2n) is 7.18. The highest BCUT2D eigenvalue weighted by Gasteiger charge is 2.12. The van der Waals surface area contributed by atoms with E-state index in [1.807, 2.05) is 0 Å². The Bertz CT molecular complexity index is 426. The van der Waals surface area contributed by atoms with E-state index in [4.69, 9.17) is 9.47 Å². The monoisotopic (exact) mass is 347 g/mol. The Kier molecular flexibility index (Phi) is 10.7. The van der Waals surface area contributed by atoms with Gasteiger partial charge in [0.15, 0.2) is 0 Å². The Morgan fingerprint density at radius 3 is 2.28 bits per heavy atom. The molecule has 1 heterocycles. The number of hydrogen-bond donors (Lipinski definition) is 1. The topological polar surface area (TPSA) is 30.5 Å². The van der Waals surface area contributed by atoms with Gasteiger partial charge >= 0.3 is 0 Å². The van der Waals surface area contributed by atoms with Crippen molar-refractivity contribution in [1.29, 1.82) is 0 Å². The van der Waals surface area contributed by atoms with Crippen LogP contribution in [0, 0.1) is 0 Å². The number of ether oxygens (including phenoxy) is 2. The van der Waals surface area contributed by atoms with Crippen molar-refractivity contribution >= 4 is 0 Å². The zero-order chi connectivity index (χ0) is 17.6. The van der Waals surface area contributed by atoms with Gasteiger partial charge in [-0.15, -0.1) is 0 Å². The van der Waals surface area contributed by atoms with Crippen molar-refractivity contribution < 1.29 is 9.47 Å². The fraction of sp³-hybridized carbons (Fsp3) is 0.727. The summed E-state index contributed by atoms with van der Waals surface area (Å²) in [7, 11) is 0. The van der Waals surface area contributed by atoms with Crippen molar-refractivity contribution in [3.05, 3.63) is 29.8 Å². The van der Waals surface area contributed by atoms with Gasteiger partial charge in [-0.1, -0.05) is 57.6 Å². The van der Waals surface area contributed by atoms with E-state index in [0.717, 1.165) is 31.7 Å². The molecule has 1 fully saturated rings. The van der Waals surface area contributed by atoms with E-state index in [0.29, 0.717) is 19.3 Å². The van der Waals surface area contributed by atoms with E-state index in [1.54, 1.807) is 0 Å². The lowest BCUT2D eigenvalue weighted by molar-refractivity contribution is 0.0168. The molecule has 0 saturated carbocycles. The third-order valence-corrected chi connectivity index (χ3v) is 4.98. The van der Waals surface area contributed by atoms with Crippen LogP contribution in [0.2, 0.25) is 0 Å². The molecule has 0 spiro atoms. The summed E-state index contributed by atoms with van der Waals surface area (Å²) in [5, 5.41) is 3.35. The maximum Gasteiger partial charge on any atom is 0.119 e. The van der Waals surface area contributed by atoms with Crippen LogP contribution in [0.3, 0.4) is 0 Å². The van der Waals surface area contributed by atoms with Crippen LogP contribution in [-0.2, 0) is 11.2 Å². The lowest BCUT2D eigenvalue weighted by Crippen LogP contribution is -2.33. The van der Waals surface area contributed by atoms with Crippen molar-refractivity contribution in [3.63, 3.8) is 0 Å². The van der Waals surface area contributed by atoms with Crippen molar-refractivity contribution in [2.45, 2.75) is 77.2 Å². The standard InChI is InChI=1S/C22H37NO2/c1-2-3-4-5-6-7-8-9-20-10-12-21(13-11-20)24-18-19-25-22-14-16-23-17-15-22/h10-13,22-23H,2-9,14-19H2,1H3. The average molecular weight is 348 g/mol. The van der Waals surface area contributed by atoms with Gasteiger partial charge in [0.05, 0.1) is 12.7 Å². The molecular weight excluding hydrogens is 310 g/mol. The molecule has 1 aliphatic rings. The second-order valence-corrected chi connectivity index (χ2v) is 7.18. The van der Waals surface area contributed by atoms with Gasteiger partial charge in [-0.25, -0.2) is 0 Å². The SMILES string of the molecule is CCCCCCCCCc1ccc(OCCOC2CCNCC2)cc1. The number of rotatable bonds is 13. The minimum Gasteiger partial charge on any atom is -0.491 e. The number of nitrogens with one attached hydrogen (secondary N) is 1. The van der Waals surface area contributed by atoms with Crippen molar-refractivity contribution in [1.82, 2.24) is 5.32 Å². The van der Waals surface area contributed by atoms with E-state index < -0.39 is 0 Å². The molecule has 0 bridgehead atoms. The first-order valence-electron chi connectivity index (χ1n) is 10.4. The molecule has 1 aliphatic heterocycles. The van der Waals surface area contributed by atoms with E-state index >= 15 is 0 Å². The van der Waals surface area contributed by atoms with Gasteiger partial charge in [0.2, 0.25) is 0 Å². The molecule has 1 aromatic carbocycles. The summed E-state index contributed by atoms with van der Waals surface area (Å²) >= 11 is 0. The highest BCUT2D eigenvalue weighted by molar-refractivity contribution is 5.27. The van der Waals surface area contributed by atoms with Gasteiger partial charge in [-0.2, -0.15) is 0 Å². The quantitative estimate of drug-likeness (QED) is 0.502. The lowest BCUT2D eigenvalue weighted by atomic mass is 10.0. The molecule has 0 aliphatic carbocycles. The number of aryl methyl sites for hydroxylation is 1. The fourth-order valence-electron chi connectivity index (χ4n) is 3.37. The second kappa shape index (κ2) is 13.2. The molecule has 0 radical (unpaired) electrons. The predicted molar refractivity (Wildman–Crippen MR) is 105 cm³/mol. The Morgan fingerprint density at radius 1 is 0.880 bits per heavy atom. The maximum atomic E-state index is 5.86. The van der Waals surface area contributed by atoms with Crippen molar-refractivity contribution in [3.8, 4) is 5.75 Å². The summed E-state index contributed by atoms with van der Waals surface area (Å²) in [5.41, 5.74) is 1.42. The highest BCUT2D eigenvalue weighted by atomic mass is 16.5. The molecule has 2 rings (SSSR count). The Labute approximate surface area is 154 Å². The van der Waals surface area contributed by atoms with Gasteiger partial charge in [0.25, 0.3) is 0 Å². The largest absolute Gasteiger partial charge is 0.491 e. The van der Waals surface area contributed by atoms with Gasteiger partial charge in [0.1, 0.15) is 12.4 Å². The molecule has 142 valence electrons. The van der Waals surface area contributed by atoms with Crippen LogP contribution in [0.5, 0.6) is 5.75 Å². The Balaban J connectivity index is 1.50. The zero-order valence-electron chi connectivity index (χ0n) is 16.1. The summed E-state index contributed by atoms with van der Waals surface area (Å²) in [6.07, 6.45) is 13.4. The third-order valence-electron chi connectivity index (χ3n) is 4.98. The Hall–Kier alpha value is -1.06. The molecule has 0 amide bonds. The minimum atomic E-state index is 0.411. The van der Waals surface area contributed by atoms with Crippen LogP contribution in [0.15, 0.2) is 24.3 Å². The first kappa shape index (κ1) is 20.3. The minimum absolute atomic E-state index is 0.411. The van der Waals surface area contributed by atoms with Crippen molar-refractivity contribution in [2.24, 2.45) is 0 Å². The smallest absolute Gasteiger partial charge is 0.119 e. The number of hydrogen-bond acceptors (Lipinski definition) is 3. The van der Waals surface area contributed by atoms with E-state index in [1.165, 1.54) is 56.9 Å². The van der Waals surface area contributed by atoms with E-state index in [9.17, 15) is 0 Å². The van der Waals surface area contributed by atoms with Crippen LogP contribution < -0.4 is 10.1 Å². The highest BCUT2D eigenvalue weighted by Crippen LogP contribution is 2.15. The van der Waals surface area contributed by atoms with Crippen LogP contribution >= 0.6 is 0 Å². The molecule has 0 aromatic heterocycles. The van der Waals surface area contributed by atoms with Gasteiger partial charge in [-0.05, 0) is 56.5 Å². The summed E-state index contributed by atoms with van der Waals surface area (Å²) in [6, 6.07) is 8.61. The number of benzene rings is 1. The maximum absolute atomic E-state index is 5.86. The van der Waals surface area contributed by atoms with Crippen molar-refractivity contribution in [2.75, 3.05) is 26.3 Å². The number of unbranched alkanes of at least 4 members (excludes halogenated alkanes) is 6. The molecule has 0 atom stereocenters. The summed E-state index contributed by atoms with van der Waals surface area (Å²) < 4.78 is 11.7. The van der Waals surface area contributed by atoms with E-state index in [2.05, 4.69) is 36.5 Å². The van der Waals surface area contributed by atoms with Crippen LogP contribution in [0.1, 0.15) is 70.3 Å². The number of piperidine rings is 1. The van der Waals surface area contributed by atoms with Crippen LogP contribution in [0.4, 0.5) is 0 Å². The summed E-state index contributed by atoms with van der Waals surface area (Å²) in [4.78, 5) is 0. The molecule has 1 N–H and O–H groups in total. The molecular formula is C22H37NO2. The fourth-order valence-corrected chi connectivity index (χ4v) is 3.37. The first-order valence-corrected chi connectivity index (χ1v) is 10.4. The van der Waals surface area contributed by atoms with Crippen LogP contribution in [0.25, 0.3) is 0 Å². The van der Waals surface area contributed by atoms with Gasteiger partial charge in [-0.3, -0.25) is 0 Å². The average Bonchev–Trinajstić information content (AvgIpc) is 2.66. The Morgan fingerprint density at radius 2 is 1.56 bits per heavy atom. The van der Waals surface area contributed by atoms with Crippen LogP contribution in [-0.4, -0.2) is 32.4 Å².